The molecule has 1 saturated heterocycles. The molecule has 9 nitrogen and oxygen atoms in total. The summed E-state index contributed by atoms with van der Waals surface area (Å²) < 4.78 is 6.90. The van der Waals surface area contributed by atoms with Crippen LogP contribution in [0.25, 0.3) is 11.0 Å². The summed E-state index contributed by atoms with van der Waals surface area (Å²) in [6.45, 7) is -0.307. The number of aliphatic hydroxyl groups is 3. The summed E-state index contributed by atoms with van der Waals surface area (Å²) >= 11 is 0. The third kappa shape index (κ3) is 2.06. The quantitative estimate of drug-likeness (QED) is 0.431. The maximum atomic E-state index is 11.9. The third-order valence-electron chi connectivity index (χ3n) is 3.70. The summed E-state index contributed by atoms with van der Waals surface area (Å²) in [5, 5.41) is 29.3. The Morgan fingerprint density at radius 1 is 1.43 bits per heavy atom. The molecule has 1 aliphatic rings. The van der Waals surface area contributed by atoms with Crippen LogP contribution in [0.15, 0.2) is 17.3 Å². The monoisotopic (exact) mass is 296 g/mol. The second kappa shape index (κ2) is 5.20. The van der Waals surface area contributed by atoms with Crippen molar-refractivity contribution in [3.8, 4) is 0 Å². The second-order valence-corrected chi connectivity index (χ2v) is 4.92. The fraction of sp³-hybridized carbons (Fsp3) is 0.500. The average molecular weight is 296 g/mol. The van der Waals surface area contributed by atoms with Crippen LogP contribution in [0.3, 0.4) is 0 Å². The molecule has 2 aromatic heterocycles. The van der Waals surface area contributed by atoms with Gasteiger partial charge in [0, 0.05) is 12.7 Å². The van der Waals surface area contributed by atoms with Crippen LogP contribution in [0, 0.1) is 0 Å². The van der Waals surface area contributed by atoms with Crippen LogP contribution < -0.4 is 11.3 Å². The van der Waals surface area contributed by atoms with Crippen LogP contribution in [-0.4, -0.2) is 54.8 Å². The van der Waals surface area contributed by atoms with Crippen molar-refractivity contribution >= 4 is 11.0 Å². The lowest BCUT2D eigenvalue weighted by molar-refractivity contribution is -0.0509. The highest BCUT2D eigenvalue weighted by molar-refractivity contribution is 5.79. The normalized spacial score (nSPS) is 29.3. The van der Waals surface area contributed by atoms with Crippen molar-refractivity contribution in [1.29, 1.82) is 0 Å². The van der Waals surface area contributed by atoms with Gasteiger partial charge in [-0.3, -0.25) is 4.79 Å². The van der Waals surface area contributed by atoms with Crippen molar-refractivity contribution < 1.29 is 20.1 Å². The zero-order valence-electron chi connectivity index (χ0n) is 11.0. The summed E-state index contributed by atoms with van der Waals surface area (Å²) in [7, 11) is 0. The number of nitrogens with zero attached hydrogens (tertiary/aromatic N) is 2. The molecule has 6 N–H and O–H groups in total. The first-order valence-electron chi connectivity index (χ1n) is 6.48. The molecule has 0 aromatic carbocycles. The molecule has 3 heterocycles. The zero-order valence-corrected chi connectivity index (χ0v) is 11.0. The van der Waals surface area contributed by atoms with E-state index in [1.54, 1.807) is 6.20 Å². The molecule has 4 atom stereocenters. The molecule has 21 heavy (non-hydrogen) atoms. The molecule has 0 spiro atoms. The first kappa shape index (κ1) is 14.2. The molecule has 4 unspecified atom stereocenters. The Balaban J connectivity index is 2.14. The lowest BCUT2D eigenvalue weighted by Gasteiger charge is -2.17. The maximum Gasteiger partial charge on any atom is 0.260 e. The first-order chi connectivity index (χ1) is 10.1. The minimum absolute atomic E-state index is 0.118. The molecule has 0 radical (unpaired) electrons. The maximum absolute atomic E-state index is 11.9. The number of rotatable bonds is 3. The van der Waals surface area contributed by atoms with Crippen LogP contribution in [-0.2, 0) is 11.3 Å². The SMILES string of the molecule is NCc1cn(C2OC(CO)C(O)C2O)c2nc[nH]c(=O)c12. The Bertz CT molecular complexity index is 711. The number of hydrogen-bond acceptors (Lipinski definition) is 7. The van der Waals surface area contributed by atoms with Crippen LogP contribution in [0.5, 0.6) is 0 Å². The van der Waals surface area contributed by atoms with Gasteiger partial charge in [0.1, 0.15) is 24.0 Å². The molecule has 0 aliphatic carbocycles. The highest BCUT2D eigenvalue weighted by atomic mass is 16.6. The summed E-state index contributed by atoms with van der Waals surface area (Å²) in [5.41, 5.74) is 6.14. The number of hydrogen-bond donors (Lipinski definition) is 5. The fourth-order valence-electron chi connectivity index (χ4n) is 2.63. The van der Waals surface area contributed by atoms with E-state index in [-0.39, 0.29) is 12.1 Å². The minimum atomic E-state index is -1.25. The van der Waals surface area contributed by atoms with E-state index < -0.39 is 31.1 Å². The van der Waals surface area contributed by atoms with E-state index >= 15 is 0 Å². The van der Waals surface area contributed by atoms with Gasteiger partial charge in [0.05, 0.1) is 18.3 Å². The van der Waals surface area contributed by atoms with Crippen molar-refractivity contribution in [3.05, 3.63) is 28.4 Å². The van der Waals surface area contributed by atoms with E-state index in [0.717, 1.165) is 0 Å². The average Bonchev–Trinajstić information content (AvgIpc) is 2.99. The largest absolute Gasteiger partial charge is 0.394 e. The lowest BCUT2D eigenvalue weighted by Crippen LogP contribution is -2.33. The van der Waals surface area contributed by atoms with Crippen molar-refractivity contribution in [3.63, 3.8) is 0 Å². The Labute approximate surface area is 118 Å². The van der Waals surface area contributed by atoms with E-state index in [4.69, 9.17) is 15.6 Å². The Morgan fingerprint density at radius 3 is 2.81 bits per heavy atom. The van der Waals surface area contributed by atoms with Gasteiger partial charge >= 0.3 is 0 Å². The Morgan fingerprint density at radius 2 is 2.19 bits per heavy atom. The minimum Gasteiger partial charge on any atom is -0.394 e. The Hall–Kier alpha value is -1.78. The molecule has 0 bridgehead atoms. The van der Waals surface area contributed by atoms with Crippen molar-refractivity contribution in [2.75, 3.05) is 6.61 Å². The van der Waals surface area contributed by atoms with Crippen molar-refractivity contribution in [1.82, 2.24) is 14.5 Å². The van der Waals surface area contributed by atoms with Crippen LogP contribution in [0.2, 0.25) is 0 Å². The lowest BCUT2D eigenvalue weighted by atomic mass is 10.1. The molecule has 2 aromatic rings. The van der Waals surface area contributed by atoms with Crippen LogP contribution >= 0.6 is 0 Å². The van der Waals surface area contributed by atoms with Crippen LogP contribution in [0.1, 0.15) is 11.8 Å². The summed E-state index contributed by atoms with van der Waals surface area (Å²) in [6.07, 6.45) is -1.51. The van der Waals surface area contributed by atoms with Gasteiger partial charge in [-0.05, 0) is 5.56 Å². The van der Waals surface area contributed by atoms with Crippen LogP contribution in [0.4, 0.5) is 0 Å². The Kier molecular flexibility index (Phi) is 3.51. The van der Waals surface area contributed by atoms with Gasteiger partial charge in [-0.2, -0.15) is 0 Å². The predicted molar refractivity (Wildman–Crippen MR) is 71.3 cm³/mol. The van der Waals surface area contributed by atoms with Gasteiger partial charge in [-0.25, -0.2) is 4.98 Å². The molecule has 0 amide bonds. The molecule has 0 saturated carbocycles. The van der Waals surface area contributed by atoms with Gasteiger partial charge in [-0.1, -0.05) is 0 Å². The van der Waals surface area contributed by atoms with E-state index in [9.17, 15) is 15.0 Å². The summed E-state index contributed by atoms with van der Waals surface area (Å²) in [5.74, 6) is 0. The highest BCUT2D eigenvalue weighted by Crippen LogP contribution is 2.32. The molecule has 1 aliphatic heterocycles. The predicted octanol–water partition coefficient (Wildman–Crippen LogP) is -2.21. The van der Waals surface area contributed by atoms with Crippen molar-refractivity contribution in [2.45, 2.75) is 31.1 Å². The molecule has 1 fully saturated rings. The van der Waals surface area contributed by atoms with Crippen molar-refractivity contribution in [2.24, 2.45) is 5.73 Å². The first-order valence-corrected chi connectivity index (χ1v) is 6.48. The third-order valence-corrected chi connectivity index (χ3v) is 3.70. The van der Waals surface area contributed by atoms with E-state index in [1.807, 2.05) is 0 Å². The number of nitrogens with two attached hydrogens (primary N) is 1. The van der Waals surface area contributed by atoms with E-state index in [2.05, 4.69) is 9.97 Å². The van der Waals surface area contributed by atoms with Gasteiger partial charge in [0.15, 0.2) is 6.23 Å². The smallest absolute Gasteiger partial charge is 0.260 e. The highest BCUT2D eigenvalue weighted by Gasteiger charge is 2.44. The number of aliphatic hydroxyl groups excluding tert-OH is 3. The van der Waals surface area contributed by atoms with Gasteiger partial charge in [0.2, 0.25) is 0 Å². The van der Waals surface area contributed by atoms with Gasteiger partial charge in [0.25, 0.3) is 5.56 Å². The standard InChI is InChI=1S/C12H16N4O5/c13-1-5-2-16(10-7(5)11(20)15-4-14-10)12-9(19)8(18)6(3-17)21-12/h2,4,6,8-9,12,17-19H,1,3,13H2,(H,14,15,20). The number of ether oxygens (including phenoxy) is 1. The number of aromatic amines is 1. The topological polar surface area (TPSA) is 147 Å². The molecule has 3 rings (SSSR count). The molecule has 9 heteroatoms. The number of aromatic nitrogens is 3. The summed E-state index contributed by atoms with van der Waals surface area (Å²) in [4.78, 5) is 18.4. The van der Waals surface area contributed by atoms with Gasteiger partial charge in [-0.15, -0.1) is 0 Å². The van der Waals surface area contributed by atoms with E-state index in [1.165, 1.54) is 10.9 Å². The number of H-pyrrole nitrogens is 1. The molecular weight excluding hydrogens is 280 g/mol. The number of fused-ring (bicyclic) bond motifs is 1. The molecular formula is C12H16N4O5. The van der Waals surface area contributed by atoms with Gasteiger partial charge < -0.3 is 35.3 Å². The number of nitrogens with one attached hydrogen (secondary N) is 1. The fourth-order valence-corrected chi connectivity index (χ4v) is 2.63. The zero-order chi connectivity index (χ0) is 15.1. The van der Waals surface area contributed by atoms with E-state index in [0.29, 0.717) is 16.6 Å². The molecule has 114 valence electrons. The second-order valence-electron chi connectivity index (χ2n) is 4.92. The summed E-state index contributed by atoms with van der Waals surface area (Å²) in [6, 6.07) is 0.